The number of anilines is 1. The molecular weight excluding hydrogens is 342 g/mol. The molecule has 0 saturated carbocycles. The first-order valence-corrected chi connectivity index (χ1v) is 8.38. The third-order valence-electron chi connectivity index (χ3n) is 3.43. The van der Waals surface area contributed by atoms with Crippen LogP contribution in [0.3, 0.4) is 0 Å². The van der Waals surface area contributed by atoms with E-state index in [0.717, 1.165) is 16.2 Å². The van der Waals surface area contributed by atoms with Crippen molar-refractivity contribution in [1.82, 2.24) is 10.2 Å². The first kappa shape index (κ1) is 15.4. The summed E-state index contributed by atoms with van der Waals surface area (Å²) < 4.78 is 16.1. The Hall–Kier alpha value is -3.13. The number of nitrogens with one attached hydrogen (secondary N) is 1. The number of carbonyl (C=O) groups is 1. The zero-order valence-corrected chi connectivity index (χ0v) is 13.8. The second-order valence-electron chi connectivity index (χ2n) is 5.20. The van der Waals surface area contributed by atoms with Crippen LogP contribution in [-0.2, 0) is 11.2 Å². The molecule has 126 valence electrons. The molecular formula is C17H13N3O4S. The number of carbonyl (C=O) groups excluding carboxylic acids is 1. The van der Waals surface area contributed by atoms with Gasteiger partial charge in [-0.1, -0.05) is 17.2 Å². The quantitative estimate of drug-likeness (QED) is 0.708. The molecule has 3 aromatic rings. The Morgan fingerprint density at radius 1 is 1.24 bits per heavy atom. The van der Waals surface area contributed by atoms with Gasteiger partial charge in [0.1, 0.15) is 0 Å². The molecule has 0 radical (unpaired) electrons. The summed E-state index contributed by atoms with van der Waals surface area (Å²) >= 11 is 1.55. The first-order valence-electron chi connectivity index (χ1n) is 7.50. The van der Waals surface area contributed by atoms with Crippen molar-refractivity contribution in [2.24, 2.45) is 0 Å². The molecule has 25 heavy (non-hydrogen) atoms. The van der Waals surface area contributed by atoms with Crippen LogP contribution < -0.4 is 14.8 Å². The first-order chi connectivity index (χ1) is 12.3. The van der Waals surface area contributed by atoms with Crippen molar-refractivity contribution in [2.45, 2.75) is 6.42 Å². The van der Waals surface area contributed by atoms with Crippen LogP contribution in [0.15, 0.2) is 46.2 Å². The van der Waals surface area contributed by atoms with Crippen molar-refractivity contribution in [3.8, 4) is 11.5 Å². The van der Waals surface area contributed by atoms with Crippen molar-refractivity contribution in [2.75, 3.05) is 12.1 Å². The summed E-state index contributed by atoms with van der Waals surface area (Å²) in [4.78, 5) is 12.8. The van der Waals surface area contributed by atoms with Crippen molar-refractivity contribution < 1.29 is 18.7 Å². The number of hydrogen-bond donors (Lipinski definition) is 1. The van der Waals surface area contributed by atoms with Gasteiger partial charge >= 0.3 is 6.01 Å². The fourth-order valence-corrected chi connectivity index (χ4v) is 2.91. The van der Waals surface area contributed by atoms with E-state index < -0.39 is 0 Å². The van der Waals surface area contributed by atoms with Crippen molar-refractivity contribution in [1.29, 1.82) is 0 Å². The molecule has 1 N–H and O–H groups in total. The highest BCUT2D eigenvalue weighted by Crippen LogP contribution is 2.33. The minimum absolute atomic E-state index is 0.0663. The van der Waals surface area contributed by atoms with E-state index in [2.05, 4.69) is 15.5 Å². The lowest BCUT2D eigenvalue weighted by atomic mass is 10.1. The van der Waals surface area contributed by atoms with E-state index in [9.17, 15) is 4.79 Å². The summed E-state index contributed by atoms with van der Waals surface area (Å²) in [7, 11) is 0. The van der Waals surface area contributed by atoms with Crippen LogP contribution in [0.4, 0.5) is 6.01 Å². The number of benzene rings is 1. The number of nitrogens with zero attached hydrogens (tertiary/aromatic N) is 2. The lowest BCUT2D eigenvalue weighted by Crippen LogP contribution is -2.07. The molecule has 2 aromatic heterocycles. The molecule has 1 amide bonds. The summed E-state index contributed by atoms with van der Waals surface area (Å²) in [5, 5.41) is 12.3. The highest BCUT2D eigenvalue weighted by molar-refractivity contribution is 7.10. The summed E-state index contributed by atoms with van der Waals surface area (Å²) in [6, 6.07) is 9.52. The van der Waals surface area contributed by atoms with E-state index in [1.165, 1.54) is 6.08 Å². The molecule has 0 unspecified atom stereocenters. The molecule has 0 fully saturated rings. The van der Waals surface area contributed by atoms with Gasteiger partial charge in [-0.05, 0) is 35.2 Å². The summed E-state index contributed by atoms with van der Waals surface area (Å²) in [5.74, 6) is 1.49. The number of rotatable bonds is 5. The number of thiophene rings is 1. The van der Waals surface area contributed by atoms with E-state index in [4.69, 9.17) is 13.9 Å². The maximum Gasteiger partial charge on any atom is 0.322 e. The molecule has 0 saturated heterocycles. The maximum atomic E-state index is 11.9. The minimum Gasteiger partial charge on any atom is -0.454 e. The van der Waals surface area contributed by atoms with E-state index in [0.29, 0.717) is 18.1 Å². The maximum absolute atomic E-state index is 11.9. The SMILES string of the molecule is O=C(/C=C/c1cccs1)Nc1nnc(Cc2ccc3c(c2)OCO3)o1. The van der Waals surface area contributed by atoms with Crippen LogP contribution in [-0.4, -0.2) is 22.9 Å². The van der Waals surface area contributed by atoms with Crippen molar-refractivity contribution in [3.05, 3.63) is 58.1 Å². The molecule has 0 aliphatic carbocycles. The third-order valence-corrected chi connectivity index (χ3v) is 4.27. The minimum atomic E-state index is -0.327. The van der Waals surface area contributed by atoms with E-state index in [-0.39, 0.29) is 18.7 Å². The van der Waals surface area contributed by atoms with Crippen LogP contribution in [0.2, 0.25) is 0 Å². The molecule has 7 nitrogen and oxygen atoms in total. The molecule has 3 heterocycles. The lowest BCUT2D eigenvalue weighted by molar-refractivity contribution is -0.112. The predicted octanol–water partition coefficient (Wildman–Crippen LogP) is 3.10. The number of hydrogen-bond acceptors (Lipinski definition) is 7. The largest absolute Gasteiger partial charge is 0.454 e. The number of ether oxygens (including phenoxy) is 2. The highest BCUT2D eigenvalue weighted by Gasteiger charge is 2.15. The summed E-state index contributed by atoms with van der Waals surface area (Å²) in [6.07, 6.45) is 3.59. The van der Waals surface area contributed by atoms with Gasteiger partial charge in [-0.3, -0.25) is 10.1 Å². The van der Waals surface area contributed by atoms with Gasteiger partial charge in [0, 0.05) is 11.0 Å². The van der Waals surface area contributed by atoms with Gasteiger partial charge in [-0.15, -0.1) is 16.4 Å². The van der Waals surface area contributed by atoms with Crippen LogP contribution in [0.25, 0.3) is 6.08 Å². The Morgan fingerprint density at radius 3 is 3.04 bits per heavy atom. The highest BCUT2D eigenvalue weighted by atomic mass is 32.1. The number of aromatic nitrogens is 2. The Kier molecular flexibility index (Phi) is 4.17. The fourth-order valence-electron chi connectivity index (χ4n) is 2.29. The number of fused-ring (bicyclic) bond motifs is 1. The Bertz CT molecular complexity index is 918. The number of amides is 1. The average molecular weight is 355 g/mol. The normalized spacial score (nSPS) is 12.6. The topological polar surface area (TPSA) is 86.5 Å². The van der Waals surface area contributed by atoms with Crippen molar-refractivity contribution >= 4 is 29.3 Å². The second kappa shape index (κ2) is 6.78. The van der Waals surface area contributed by atoms with E-state index in [1.54, 1.807) is 17.4 Å². The second-order valence-corrected chi connectivity index (χ2v) is 6.18. The molecule has 0 atom stereocenters. The molecule has 0 bridgehead atoms. The molecule has 1 aliphatic rings. The standard InChI is InChI=1S/C17H13N3O4S/c21-15(6-4-12-2-1-7-25-12)18-17-20-19-16(24-17)9-11-3-5-13-14(8-11)23-10-22-13/h1-8H,9-10H2,(H,18,20,21)/b6-4+. The average Bonchev–Trinajstić information content (AvgIpc) is 3.35. The Morgan fingerprint density at radius 2 is 2.16 bits per heavy atom. The van der Waals surface area contributed by atoms with Gasteiger partial charge in [0.15, 0.2) is 11.5 Å². The van der Waals surface area contributed by atoms with Gasteiger partial charge in [0.2, 0.25) is 12.7 Å². The van der Waals surface area contributed by atoms with Gasteiger partial charge in [-0.2, -0.15) is 0 Å². The van der Waals surface area contributed by atoms with Crippen LogP contribution in [0.1, 0.15) is 16.3 Å². The molecule has 0 spiro atoms. The molecule has 4 rings (SSSR count). The van der Waals surface area contributed by atoms with Gasteiger partial charge in [-0.25, -0.2) is 0 Å². The molecule has 1 aliphatic heterocycles. The molecule has 1 aromatic carbocycles. The summed E-state index contributed by atoms with van der Waals surface area (Å²) in [6.45, 7) is 0.231. The van der Waals surface area contributed by atoms with E-state index in [1.807, 2.05) is 35.7 Å². The third kappa shape index (κ3) is 3.69. The van der Waals surface area contributed by atoms with Gasteiger partial charge in [0.05, 0.1) is 6.42 Å². The van der Waals surface area contributed by atoms with Crippen LogP contribution >= 0.6 is 11.3 Å². The summed E-state index contributed by atoms with van der Waals surface area (Å²) in [5.41, 5.74) is 0.948. The Labute approximate surface area is 146 Å². The van der Waals surface area contributed by atoms with Crippen molar-refractivity contribution in [3.63, 3.8) is 0 Å². The monoisotopic (exact) mass is 355 g/mol. The molecule has 8 heteroatoms. The van der Waals surface area contributed by atoms with Gasteiger partial charge < -0.3 is 13.9 Å². The zero-order chi connectivity index (χ0) is 17.1. The van der Waals surface area contributed by atoms with Crippen LogP contribution in [0.5, 0.6) is 11.5 Å². The fraction of sp³-hybridized carbons (Fsp3) is 0.118. The smallest absolute Gasteiger partial charge is 0.322 e. The Balaban J connectivity index is 1.38. The van der Waals surface area contributed by atoms with Crippen LogP contribution in [0, 0.1) is 0 Å². The lowest BCUT2D eigenvalue weighted by Gasteiger charge is -1.99. The van der Waals surface area contributed by atoms with Gasteiger partial charge in [0.25, 0.3) is 5.91 Å². The predicted molar refractivity (Wildman–Crippen MR) is 91.7 cm³/mol. The van der Waals surface area contributed by atoms with E-state index >= 15 is 0 Å². The zero-order valence-electron chi connectivity index (χ0n) is 13.0.